The van der Waals surface area contributed by atoms with Gasteiger partial charge in [0.1, 0.15) is 5.69 Å². The van der Waals surface area contributed by atoms with Gasteiger partial charge in [-0.15, -0.1) is 0 Å². The first-order chi connectivity index (χ1) is 10.9. The van der Waals surface area contributed by atoms with E-state index in [1.165, 1.54) is 18.4 Å². The molecule has 0 bridgehead atoms. The molecule has 1 fully saturated rings. The standard InChI is InChI=1S/C19H27N3O/c1-13-18(23-12-14-7-9-20-10-8-14)22-16-6-5-15(19(2,3)4)11-17(16)21-13/h5-6,11,14,20H,7-10,12H2,1-4H3. The Morgan fingerprint density at radius 1 is 1.13 bits per heavy atom. The zero-order valence-corrected chi connectivity index (χ0v) is 14.6. The molecule has 1 aliphatic rings. The van der Waals surface area contributed by atoms with Crippen LogP contribution in [-0.4, -0.2) is 29.7 Å². The normalized spacial score (nSPS) is 16.7. The summed E-state index contributed by atoms with van der Waals surface area (Å²) in [5, 5.41) is 3.38. The van der Waals surface area contributed by atoms with Gasteiger partial charge in [-0.25, -0.2) is 9.97 Å². The van der Waals surface area contributed by atoms with Crippen molar-refractivity contribution < 1.29 is 4.74 Å². The lowest BCUT2D eigenvalue weighted by molar-refractivity contribution is 0.207. The first kappa shape index (κ1) is 16.2. The average molecular weight is 313 g/mol. The predicted octanol–water partition coefficient (Wildman–Crippen LogP) is 3.61. The number of fused-ring (bicyclic) bond motifs is 1. The Bertz CT molecular complexity index is 685. The lowest BCUT2D eigenvalue weighted by atomic mass is 9.87. The summed E-state index contributed by atoms with van der Waals surface area (Å²) in [4.78, 5) is 9.40. The summed E-state index contributed by atoms with van der Waals surface area (Å²) >= 11 is 0. The van der Waals surface area contributed by atoms with E-state index in [0.29, 0.717) is 11.8 Å². The lowest BCUT2D eigenvalue weighted by Crippen LogP contribution is -2.30. The van der Waals surface area contributed by atoms with Gasteiger partial charge < -0.3 is 10.1 Å². The second-order valence-electron chi connectivity index (χ2n) is 7.57. The fourth-order valence-electron chi connectivity index (χ4n) is 2.97. The largest absolute Gasteiger partial charge is 0.476 e. The molecule has 0 radical (unpaired) electrons. The van der Waals surface area contributed by atoms with Gasteiger partial charge in [0.05, 0.1) is 17.6 Å². The van der Waals surface area contributed by atoms with Gasteiger partial charge in [-0.1, -0.05) is 26.8 Å². The van der Waals surface area contributed by atoms with Gasteiger partial charge in [0, 0.05) is 0 Å². The third kappa shape index (κ3) is 3.81. The van der Waals surface area contributed by atoms with Crippen LogP contribution in [0.4, 0.5) is 0 Å². The Balaban J connectivity index is 1.80. The predicted molar refractivity (Wildman–Crippen MR) is 94.1 cm³/mol. The van der Waals surface area contributed by atoms with Crippen molar-refractivity contribution in [2.75, 3.05) is 19.7 Å². The third-order valence-corrected chi connectivity index (χ3v) is 4.58. The molecule has 4 heteroatoms. The van der Waals surface area contributed by atoms with E-state index in [1.54, 1.807) is 0 Å². The zero-order valence-electron chi connectivity index (χ0n) is 14.6. The van der Waals surface area contributed by atoms with Crippen LogP contribution in [0.15, 0.2) is 18.2 Å². The van der Waals surface area contributed by atoms with Crippen LogP contribution in [0.25, 0.3) is 11.0 Å². The fourth-order valence-corrected chi connectivity index (χ4v) is 2.97. The molecule has 4 nitrogen and oxygen atoms in total. The van der Waals surface area contributed by atoms with Crippen LogP contribution in [0.1, 0.15) is 44.9 Å². The molecule has 0 unspecified atom stereocenters. The number of nitrogens with one attached hydrogen (secondary N) is 1. The molecule has 0 spiro atoms. The van der Waals surface area contributed by atoms with Crippen LogP contribution in [0, 0.1) is 12.8 Å². The molecule has 0 amide bonds. The molecule has 0 saturated carbocycles. The van der Waals surface area contributed by atoms with E-state index in [2.05, 4.69) is 49.3 Å². The van der Waals surface area contributed by atoms with Crippen LogP contribution in [0.3, 0.4) is 0 Å². The van der Waals surface area contributed by atoms with Crippen LogP contribution >= 0.6 is 0 Å². The van der Waals surface area contributed by atoms with Gasteiger partial charge in [-0.05, 0) is 61.9 Å². The molecule has 23 heavy (non-hydrogen) atoms. The summed E-state index contributed by atoms with van der Waals surface area (Å²) in [5.74, 6) is 1.30. The number of ether oxygens (including phenoxy) is 1. The van der Waals surface area contributed by atoms with Crippen molar-refractivity contribution in [3.63, 3.8) is 0 Å². The van der Waals surface area contributed by atoms with E-state index in [4.69, 9.17) is 9.72 Å². The molecule has 1 saturated heterocycles. The highest BCUT2D eigenvalue weighted by Crippen LogP contribution is 2.26. The number of nitrogens with zero attached hydrogens (tertiary/aromatic N) is 2. The first-order valence-corrected chi connectivity index (χ1v) is 8.56. The molecule has 2 heterocycles. The summed E-state index contributed by atoms with van der Waals surface area (Å²) in [6, 6.07) is 6.34. The molecular formula is C19H27N3O. The van der Waals surface area contributed by atoms with E-state index < -0.39 is 0 Å². The van der Waals surface area contributed by atoms with Gasteiger partial charge in [-0.2, -0.15) is 0 Å². The second kappa shape index (κ2) is 6.44. The number of hydrogen-bond donors (Lipinski definition) is 1. The van der Waals surface area contributed by atoms with Crippen molar-refractivity contribution in [3.8, 4) is 5.88 Å². The van der Waals surface area contributed by atoms with E-state index in [-0.39, 0.29) is 5.41 Å². The number of benzene rings is 1. The van der Waals surface area contributed by atoms with E-state index in [9.17, 15) is 0 Å². The first-order valence-electron chi connectivity index (χ1n) is 8.56. The third-order valence-electron chi connectivity index (χ3n) is 4.58. The van der Waals surface area contributed by atoms with Crippen molar-refractivity contribution in [3.05, 3.63) is 29.5 Å². The maximum atomic E-state index is 5.98. The molecular weight excluding hydrogens is 286 g/mol. The van der Waals surface area contributed by atoms with Gasteiger partial charge in [0.25, 0.3) is 0 Å². The fraction of sp³-hybridized carbons (Fsp3) is 0.579. The molecule has 2 aromatic rings. The summed E-state index contributed by atoms with van der Waals surface area (Å²) < 4.78 is 5.98. The van der Waals surface area contributed by atoms with Crippen LogP contribution < -0.4 is 10.1 Å². The topological polar surface area (TPSA) is 47.0 Å². The smallest absolute Gasteiger partial charge is 0.235 e. The minimum Gasteiger partial charge on any atom is -0.476 e. The quantitative estimate of drug-likeness (QED) is 0.940. The minimum atomic E-state index is 0.119. The van der Waals surface area contributed by atoms with Gasteiger partial charge >= 0.3 is 0 Å². The van der Waals surface area contributed by atoms with Crippen LogP contribution in [0.2, 0.25) is 0 Å². The van der Waals surface area contributed by atoms with Crippen molar-refractivity contribution in [2.24, 2.45) is 5.92 Å². The summed E-state index contributed by atoms with van der Waals surface area (Å²) in [6.45, 7) is 11.5. The molecule has 3 rings (SSSR count). The van der Waals surface area contributed by atoms with Gasteiger partial charge in [0.2, 0.25) is 5.88 Å². The molecule has 0 atom stereocenters. The number of aryl methyl sites for hydroxylation is 1. The van der Waals surface area contributed by atoms with Crippen LogP contribution in [0.5, 0.6) is 5.88 Å². The molecule has 1 N–H and O–H groups in total. The second-order valence-corrected chi connectivity index (χ2v) is 7.57. The van der Waals surface area contributed by atoms with E-state index >= 15 is 0 Å². The summed E-state index contributed by atoms with van der Waals surface area (Å²) in [6.07, 6.45) is 2.35. The number of hydrogen-bond acceptors (Lipinski definition) is 4. The molecule has 1 aromatic carbocycles. The number of piperidine rings is 1. The Kier molecular flexibility index (Phi) is 4.53. The van der Waals surface area contributed by atoms with E-state index in [1.807, 2.05) is 6.92 Å². The van der Waals surface area contributed by atoms with E-state index in [0.717, 1.165) is 36.4 Å². The molecule has 1 aliphatic heterocycles. The van der Waals surface area contributed by atoms with Crippen molar-refractivity contribution >= 4 is 11.0 Å². The van der Waals surface area contributed by atoms with Crippen molar-refractivity contribution in [1.29, 1.82) is 0 Å². The van der Waals surface area contributed by atoms with Crippen molar-refractivity contribution in [2.45, 2.75) is 46.0 Å². The average Bonchev–Trinajstić information content (AvgIpc) is 2.52. The maximum absolute atomic E-state index is 5.98. The zero-order chi connectivity index (χ0) is 16.4. The number of rotatable bonds is 3. The van der Waals surface area contributed by atoms with Crippen LogP contribution in [-0.2, 0) is 5.41 Å². The number of aromatic nitrogens is 2. The Labute approximate surface area is 138 Å². The van der Waals surface area contributed by atoms with Crippen molar-refractivity contribution in [1.82, 2.24) is 15.3 Å². The Morgan fingerprint density at radius 2 is 1.87 bits per heavy atom. The molecule has 0 aliphatic carbocycles. The minimum absolute atomic E-state index is 0.119. The SMILES string of the molecule is Cc1nc2cc(C(C)(C)C)ccc2nc1OCC1CCNCC1. The summed E-state index contributed by atoms with van der Waals surface area (Å²) in [7, 11) is 0. The highest BCUT2D eigenvalue weighted by atomic mass is 16.5. The lowest BCUT2D eigenvalue weighted by Gasteiger charge is -2.22. The monoisotopic (exact) mass is 313 g/mol. The summed E-state index contributed by atoms with van der Waals surface area (Å²) in [5.41, 5.74) is 4.13. The highest BCUT2D eigenvalue weighted by molar-refractivity contribution is 5.76. The van der Waals surface area contributed by atoms with Gasteiger partial charge in [0.15, 0.2) is 0 Å². The Morgan fingerprint density at radius 3 is 2.57 bits per heavy atom. The Hall–Kier alpha value is -1.68. The van der Waals surface area contributed by atoms with Gasteiger partial charge in [-0.3, -0.25) is 0 Å². The molecule has 1 aromatic heterocycles. The maximum Gasteiger partial charge on any atom is 0.235 e. The molecule has 124 valence electrons. The highest BCUT2D eigenvalue weighted by Gasteiger charge is 2.17.